The van der Waals surface area contributed by atoms with Gasteiger partial charge in [0.15, 0.2) is 0 Å². The number of likely N-dealkylation sites (tertiary alicyclic amines) is 1. The molecular weight excluding hydrogens is 304 g/mol. The van der Waals surface area contributed by atoms with Crippen LogP contribution in [-0.2, 0) is 16.0 Å². The van der Waals surface area contributed by atoms with Crippen LogP contribution in [-0.4, -0.2) is 41.0 Å². The van der Waals surface area contributed by atoms with Crippen molar-refractivity contribution in [2.75, 3.05) is 18.5 Å². The molecule has 1 aromatic rings. The third-order valence-electron chi connectivity index (χ3n) is 4.18. The summed E-state index contributed by atoms with van der Waals surface area (Å²) in [4.78, 5) is 26.8. The predicted octanol–water partition coefficient (Wildman–Crippen LogP) is 2.59. The van der Waals surface area contributed by atoms with Gasteiger partial charge in [-0.25, -0.2) is 0 Å². The Morgan fingerprint density at radius 1 is 1.25 bits per heavy atom. The maximum atomic E-state index is 12.6. The van der Waals surface area contributed by atoms with E-state index in [9.17, 15) is 9.59 Å². The zero-order valence-electron chi connectivity index (χ0n) is 14.8. The number of carbonyl (C=O) groups excluding carboxylic acids is 2. The molecule has 0 bridgehead atoms. The monoisotopic (exact) mass is 332 g/mol. The van der Waals surface area contributed by atoms with E-state index in [2.05, 4.69) is 5.32 Å². The maximum Gasteiger partial charge on any atom is 0.247 e. The first kappa shape index (κ1) is 18.5. The van der Waals surface area contributed by atoms with E-state index in [1.54, 1.807) is 4.90 Å². The van der Waals surface area contributed by atoms with Crippen LogP contribution in [0.2, 0.25) is 0 Å². The number of benzene rings is 1. The number of hydrogen-bond acceptors (Lipinski definition) is 3. The summed E-state index contributed by atoms with van der Waals surface area (Å²) < 4.78 is 0. The van der Waals surface area contributed by atoms with Gasteiger partial charge in [0.05, 0.1) is 0 Å². The Morgan fingerprint density at radius 2 is 1.92 bits per heavy atom. The molecule has 2 amide bonds. The van der Waals surface area contributed by atoms with E-state index >= 15 is 0 Å². The average Bonchev–Trinajstić information content (AvgIpc) is 2.97. The Labute approximate surface area is 144 Å². The molecule has 0 aliphatic carbocycles. The minimum Gasteiger partial charge on any atom is -0.396 e. The molecule has 1 fully saturated rings. The molecular formula is C19H28N2O3. The SMILES string of the molecule is CC(C)(C)CC(=O)N1CCCC1C(=O)Nc1ccc(CCO)cc1. The van der Waals surface area contributed by atoms with Crippen molar-refractivity contribution in [2.24, 2.45) is 5.41 Å². The van der Waals surface area contributed by atoms with Gasteiger partial charge in [0, 0.05) is 25.3 Å². The van der Waals surface area contributed by atoms with E-state index < -0.39 is 0 Å². The van der Waals surface area contributed by atoms with Gasteiger partial charge in [0.2, 0.25) is 11.8 Å². The van der Waals surface area contributed by atoms with Crippen molar-refractivity contribution >= 4 is 17.5 Å². The van der Waals surface area contributed by atoms with E-state index in [0.717, 1.165) is 17.7 Å². The summed E-state index contributed by atoms with van der Waals surface area (Å²) in [6, 6.07) is 7.07. The highest BCUT2D eigenvalue weighted by Gasteiger charge is 2.35. The molecule has 1 aromatic carbocycles. The fourth-order valence-corrected chi connectivity index (χ4v) is 3.00. The number of carbonyl (C=O) groups is 2. The summed E-state index contributed by atoms with van der Waals surface area (Å²) >= 11 is 0. The molecule has 1 heterocycles. The summed E-state index contributed by atoms with van der Waals surface area (Å²) in [5, 5.41) is 11.8. The Morgan fingerprint density at radius 3 is 2.50 bits per heavy atom. The summed E-state index contributed by atoms with van der Waals surface area (Å²) in [5.41, 5.74) is 1.67. The van der Waals surface area contributed by atoms with Gasteiger partial charge in [-0.15, -0.1) is 0 Å². The van der Waals surface area contributed by atoms with Crippen LogP contribution in [0.3, 0.4) is 0 Å². The zero-order valence-corrected chi connectivity index (χ0v) is 14.8. The smallest absolute Gasteiger partial charge is 0.247 e. The number of nitrogens with one attached hydrogen (secondary N) is 1. The minimum atomic E-state index is -0.378. The van der Waals surface area contributed by atoms with E-state index in [1.807, 2.05) is 45.0 Å². The van der Waals surface area contributed by atoms with E-state index in [4.69, 9.17) is 5.11 Å². The maximum absolute atomic E-state index is 12.6. The third-order valence-corrected chi connectivity index (χ3v) is 4.18. The standard InChI is InChI=1S/C19H28N2O3/c1-19(2,3)13-17(23)21-11-4-5-16(21)18(24)20-15-8-6-14(7-9-15)10-12-22/h6-9,16,22H,4-5,10-13H2,1-3H3,(H,20,24). The van der Waals surface area contributed by atoms with Crippen LogP contribution in [0, 0.1) is 5.41 Å². The van der Waals surface area contributed by atoms with Gasteiger partial charge in [-0.05, 0) is 42.4 Å². The van der Waals surface area contributed by atoms with Crippen molar-refractivity contribution in [1.82, 2.24) is 4.90 Å². The molecule has 24 heavy (non-hydrogen) atoms. The number of anilines is 1. The van der Waals surface area contributed by atoms with Gasteiger partial charge in [0.25, 0.3) is 0 Å². The first-order chi connectivity index (χ1) is 11.3. The van der Waals surface area contributed by atoms with Gasteiger partial charge in [-0.1, -0.05) is 32.9 Å². The highest BCUT2D eigenvalue weighted by Crippen LogP contribution is 2.25. The van der Waals surface area contributed by atoms with Crippen LogP contribution in [0.4, 0.5) is 5.69 Å². The van der Waals surface area contributed by atoms with Crippen molar-refractivity contribution in [1.29, 1.82) is 0 Å². The summed E-state index contributed by atoms with van der Waals surface area (Å²) in [5.74, 6) is -0.0666. The molecule has 5 heteroatoms. The first-order valence-electron chi connectivity index (χ1n) is 8.60. The predicted molar refractivity (Wildman–Crippen MR) is 94.7 cm³/mol. The number of aliphatic hydroxyl groups is 1. The molecule has 2 N–H and O–H groups in total. The van der Waals surface area contributed by atoms with E-state index in [-0.39, 0.29) is 29.9 Å². The molecule has 1 aliphatic rings. The van der Waals surface area contributed by atoms with Gasteiger partial charge >= 0.3 is 0 Å². The lowest BCUT2D eigenvalue weighted by molar-refractivity contribution is -0.138. The number of aliphatic hydroxyl groups excluding tert-OH is 1. The average molecular weight is 332 g/mol. The van der Waals surface area contributed by atoms with Crippen LogP contribution < -0.4 is 5.32 Å². The quantitative estimate of drug-likeness (QED) is 0.871. The van der Waals surface area contributed by atoms with Crippen molar-refractivity contribution in [2.45, 2.75) is 52.5 Å². The third kappa shape index (κ3) is 5.06. The minimum absolute atomic E-state index is 0.0541. The molecule has 1 unspecified atom stereocenters. The van der Waals surface area contributed by atoms with Gasteiger partial charge < -0.3 is 15.3 Å². The molecule has 0 saturated carbocycles. The molecule has 1 atom stereocenters. The number of nitrogens with zero attached hydrogens (tertiary/aromatic N) is 1. The Balaban J connectivity index is 1.98. The lowest BCUT2D eigenvalue weighted by atomic mass is 9.91. The molecule has 2 rings (SSSR count). The molecule has 0 spiro atoms. The fourth-order valence-electron chi connectivity index (χ4n) is 3.00. The lowest BCUT2D eigenvalue weighted by Gasteiger charge is -2.27. The molecule has 0 aromatic heterocycles. The Bertz CT molecular complexity index is 575. The van der Waals surface area contributed by atoms with E-state index in [1.165, 1.54) is 0 Å². The molecule has 0 radical (unpaired) electrons. The van der Waals surface area contributed by atoms with Crippen LogP contribution in [0.1, 0.15) is 45.6 Å². The Kier molecular flexibility index (Phi) is 5.99. The molecule has 132 valence electrons. The van der Waals surface area contributed by atoms with Crippen LogP contribution in [0.5, 0.6) is 0 Å². The number of amides is 2. The molecule has 5 nitrogen and oxygen atoms in total. The summed E-state index contributed by atoms with van der Waals surface area (Å²) in [7, 11) is 0. The van der Waals surface area contributed by atoms with Gasteiger partial charge in [-0.2, -0.15) is 0 Å². The fraction of sp³-hybridized carbons (Fsp3) is 0.579. The van der Waals surface area contributed by atoms with Crippen LogP contribution in [0.25, 0.3) is 0 Å². The zero-order chi connectivity index (χ0) is 17.7. The summed E-state index contributed by atoms with van der Waals surface area (Å²) in [6.07, 6.45) is 2.63. The second-order valence-electron chi connectivity index (χ2n) is 7.64. The van der Waals surface area contributed by atoms with Crippen molar-refractivity contribution < 1.29 is 14.7 Å². The number of rotatable bonds is 5. The first-order valence-corrected chi connectivity index (χ1v) is 8.60. The second-order valence-corrected chi connectivity index (χ2v) is 7.64. The van der Waals surface area contributed by atoms with Gasteiger partial charge in [0.1, 0.15) is 6.04 Å². The topological polar surface area (TPSA) is 69.6 Å². The van der Waals surface area contributed by atoms with Crippen molar-refractivity contribution in [3.63, 3.8) is 0 Å². The van der Waals surface area contributed by atoms with E-state index in [0.29, 0.717) is 25.8 Å². The lowest BCUT2D eigenvalue weighted by Crippen LogP contribution is -2.44. The Hall–Kier alpha value is -1.88. The second kappa shape index (κ2) is 7.79. The normalized spacial score (nSPS) is 17.8. The van der Waals surface area contributed by atoms with Crippen LogP contribution >= 0.6 is 0 Å². The summed E-state index contributed by atoms with van der Waals surface area (Å²) in [6.45, 7) is 6.86. The largest absolute Gasteiger partial charge is 0.396 e. The van der Waals surface area contributed by atoms with Crippen molar-refractivity contribution in [3.05, 3.63) is 29.8 Å². The number of hydrogen-bond donors (Lipinski definition) is 2. The molecule has 1 aliphatic heterocycles. The van der Waals surface area contributed by atoms with Gasteiger partial charge in [-0.3, -0.25) is 9.59 Å². The van der Waals surface area contributed by atoms with Crippen LogP contribution in [0.15, 0.2) is 24.3 Å². The molecule has 1 saturated heterocycles. The van der Waals surface area contributed by atoms with Crippen molar-refractivity contribution in [3.8, 4) is 0 Å². The highest BCUT2D eigenvalue weighted by atomic mass is 16.3. The highest BCUT2D eigenvalue weighted by molar-refractivity contribution is 5.97.